The Kier molecular flexibility index (Phi) is 4.64. The highest BCUT2D eigenvalue weighted by molar-refractivity contribution is 7.09. The quantitative estimate of drug-likeness (QED) is 0.731. The molecule has 0 atom stereocenters. The fraction of sp³-hybridized carbons (Fsp3) is 0.556. The van der Waals surface area contributed by atoms with Gasteiger partial charge in [-0.2, -0.15) is 10.1 Å². The first-order valence-electron chi connectivity index (χ1n) is 8.73. The second-order valence-electron chi connectivity index (χ2n) is 8.45. The molecule has 0 aliphatic rings. The zero-order chi connectivity index (χ0) is 19.1. The topological polar surface area (TPSA) is 88.5 Å². The lowest BCUT2D eigenvalue weighted by Gasteiger charge is -2.19. The first kappa shape index (κ1) is 18.6. The Bertz CT molecular complexity index is 970. The van der Waals surface area contributed by atoms with E-state index in [2.05, 4.69) is 46.5 Å². The van der Waals surface area contributed by atoms with E-state index in [9.17, 15) is 4.79 Å². The number of anilines is 1. The van der Waals surface area contributed by atoms with Crippen LogP contribution in [-0.4, -0.2) is 31.3 Å². The molecule has 3 heterocycles. The monoisotopic (exact) mass is 374 g/mol. The standard InChI is InChI=1S/C18H26N6OS/c1-17(2,3)15-21-11(10-26-15)7-8-19-16-22-13-12(14(25)23-16)9-20-24(13)18(4,5)6/h9-10H,7-8H2,1-6H3,(H2,19,22,23,25). The summed E-state index contributed by atoms with van der Waals surface area (Å²) in [6, 6.07) is 0. The molecule has 0 aromatic carbocycles. The van der Waals surface area contributed by atoms with E-state index in [1.54, 1.807) is 22.2 Å². The van der Waals surface area contributed by atoms with Crippen LogP contribution in [0.1, 0.15) is 52.2 Å². The molecule has 0 spiro atoms. The van der Waals surface area contributed by atoms with Crippen LogP contribution in [0.5, 0.6) is 0 Å². The van der Waals surface area contributed by atoms with E-state index in [1.807, 2.05) is 20.8 Å². The highest BCUT2D eigenvalue weighted by Gasteiger charge is 2.20. The van der Waals surface area contributed by atoms with Gasteiger partial charge in [-0.05, 0) is 20.8 Å². The van der Waals surface area contributed by atoms with E-state index in [0.717, 1.165) is 17.1 Å². The molecule has 0 fully saturated rings. The Labute approximate surface area is 156 Å². The van der Waals surface area contributed by atoms with Gasteiger partial charge in [-0.3, -0.25) is 9.78 Å². The van der Waals surface area contributed by atoms with Gasteiger partial charge in [0.05, 0.1) is 22.4 Å². The van der Waals surface area contributed by atoms with Crippen molar-refractivity contribution in [2.24, 2.45) is 0 Å². The van der Waals surface area contributed by atoms with Crippen LogP contribution in [0.2, 0.25) is 0 Å². The van der Waals surface area contributed by atoms with Crippen molar-refractivity contribution in [2.75, 3.05) is 11.9 Å². The maximum absolute atomic E-state index is 12.3. The van der Waals surface area contributed by atoms with Crippen LogP contribution in [-0.2, 0) is 17.4 Å². The number of H-pyrrole nitrogens is 1. The van der Waals surface area contributed by atoms with Gasteiger partial charge in [0.15, 0.2) is 5.65 Å². The molecule has 3 aromatic heterocycles. The van der Waals surface area contributed by atoms with Crippen LogP contribution >= 0.6 is 11.3 Å². The van der Waals surface area contributed by atoms with E-state index < -0.39 is 0 Å². The van der Waals surface area contributed by atoms with E-state index in [4.69, 9.17) is 4.98 Å². The SMILES string of the molecule is CC(C)(C)c1nc(CCNc2nc3c(cnn3C(C)(C)C)c(=O)[nH]2)cs1. The largest absolute Gasteiger partial charge is 0.355 e. The predicted octanol–water partition coefficient (Wildman–Crippen LogP) is 3.28. The average Bonchev–Trinajstić information content (AvgIpc) is 3.12. The normalized spacial score (nSPS) is 12.7. The first-order chi connectivity index (χ1) is 12.1. The van der Waals surface area contributed by atoms with E-state index in [1.165, 1.54) is 0 Å². The Morgan fingerprint density at radius 1 is 1.19 bits per heavy atom. The molecule has 0 saturated carbocycles. The molecule has 0 aliphatic heterocycles. The number of fused-ring (bicyclic) bond motifs is 1. The maximum atomic E-state index is 12.3. The minimum atomic E-state index is -0.246. The number of aromatic nitrogens is 5. The lowest BCUT2D eigenvalue weighted by atomic mass is 9.98. The molecule has 0 bridgehead atoms. The summed E-state index contributed by atoms with van der Waals surface area (Å²) in [6.07, 6.45) is 2.34. The van der Waals surface area contributed by atoms with Crippen molar-refractivity contribution in [1.29, 1.82) is 0 Å². The maximum Gasteiger partial charge on any atom is 0.263 e. The summed E-state index contributed by atoms with van der Waals surface area (Å²) in [6.45, 7) is 13.2. The van der Waals surface area contributed by atoms with Gasteiger partial charge in [0, 0.05) is 23.8 Å². The lowest BCUT2D eigenvalue weighted by Crippen LogP contribution is -2.24. The molecule has 0 saturated heterocycles. The minimum Gasteiger partial charge on any atom is -0.355 e. The van der Waals surface area contributed by atoms with E-state index in [-0.39, 0.29) is 16.5 Å². The Morgan fingerprint density at radius 3 is 2.54 bits per heavy atom. The second-order valence-corrected chi connectivity index (χ2v) is 9.31. The van der Waals surface area contributed by atoms with Crippen molar-refractivity contribution < 1.29 is 0 Å². The fourth-order valence-corrected chi connectivity index (χ4v) is 3.51. The number of nitrogens with one attached hydrogen (secondary N) is 2. The Balaban J connectivity index is 1.75. The van der Waals surface area contributed by atoms with Crippen LogP contribution in [0.3, 0.4) is 0 Å². The molecular formula is C18H26N6OS. The van der Waals surface area contributed by atoms with Gasteiger partial charge in [0.2, 0.25) is 5.95 Å². The van der Waals surface area contributed by atoms with Crippen LogP contribution in [0.25, 0.3) is 11.0 Å². The Morgan fingerprint density at radius 2 is 1.92 bits per heavy atom. The highest BCUT2D eigenvalue weighted by Crippen LogP contribution is 2.25. The van der Waals surface area contributed by atoms with Crippen LogP contribution < -0.4 is 10.9 Å². The summed E-state index contributed by atoms with van der Waals surface area (Å²) in [5.41, 5.74) is 1.28. The molecule has 0 radical (unpaired) electrons. The summed E-state index contributed by atoms with van der Waals surface area (Å²) >= 11 is 1.69. The van der Waals surface area contributed by atoms with E-state index >= 15 is 0 Å². The molecule has 0 amide bonds. The third-order valence-electron chi connectivity index (χ3n) is 3.94. The van der Waals surface area contributed by atoms with Crippen molar-refractivity contribution in [3.63, 3.8) is 0 Å². The average molecular weight is 375 g/mol. The summed E-state index contributed by atoms with van der Waals surface area (Å²) in [7, 11) is 0. The third-order valence-corrected chi connectivity index (χ3v) is 5.26. The van der Waals surface area contributed by atoms with Crippen molar-refractivity contribution in [1.82, 2.24) is 24.7 Å². The number of hydrogen-bond acceptors (Lipinski definition) is 6. The van der Waals surface area contributed by atoms with Crippen LogP contribution in [0.4, 0.5) is 5.95 Å². The van der Waals surface area contributed by atoms with Gasteiger partial charge in [0.1, 0.15) is 5.39 Å². The lowest BCUT2D eigenvalue weighted by molar-refractivity contribution is 0.366. The van der Waals surface area contributed by atoms with Crippen LogP contribution in [0, 0.1) is 0 Å². The Hall–Kier alpha value is -2.22. The number of thiazole rings is 1. The summed E-state index contributed by atoms with van der Waals surface area (Å²) < 4.78 is 1.78. The molecule has 0 aliphatic carbocycles. The molecule has 8 heteroatoms. The van der Waals surface area contributed by atoms with Gasteiger partial charge in [-0.15, -0.1) is 11.3 Å². The van der Waals surface area contributed by atoms with Crippen molar-refractivity contribution in [3.8, 4) is 0 Å². The van der Waals surface area contributed by atoms with Gasteiger partial charge >= 0.3 is 0 Å². The van der Waals surface area contributed by atoms with Gasteiger partial charge in [0.25, 0.3) is 5.56 Å². The minimum absolute atomic E-state index is 0.0690. The van der Waals surface area contributed by atoms with E-state index in [0.29, 0.717) is 23.5 Å². The van der Waals surface area contributed by atoms with Crippen molar-refractivity contribution in [3.05, 3.63) is 32.6 Å². The molecule has 3 aromatic rings. The fourth-order valence-electron chi connectivity index (χ4n) is 2.57. The van der Waals surface area contributed by atoms with Crippen molar-refractivity contribution in [2.45, 2.75) is 58.9 Å². The first-order valence-corrected chi connectivity index (χ1v) is 9.61. The van der Waals surface area contributed by atoms with Gasteiger partial charge < -0.3 is 5.32 Å². The molecule has 140 valence electrons. The zero-order valence-corrected chi connectivity index (χ0v) is 17.0. The highest BCUT2D eigenvalue weighted by atomic mass is 32.1. The molecule has 2 N–H and O–H groups in total. The summed E-state index contributed by atoms with van der Waals surface area (Å²) in [4.78, 5) is 24.3. The smallest absolute Gasteiger partial charge is 0.263 e. The molecule has 3 rings (SSSR count). The molecular weight excluding hydrogens is 348 g/mol. The van der Waals surface area contributed by atoms with Gasteiger partial charge in [-0.25, -0.2) is 9.67 Å². The number of aromatic amines is 1. The summed E-state index contributed by atoms with van der Waals surface area (Å²) in [5, 5.41) is 11.2. The van der Waals surface area contributed by atoms with Crippen molar-refractivity contribution >= 4 is 28.3 Å². The number of rotatable bonds is 4. The summed E-state index contributed by atoms with van der Waals surface area (Å²) in [5.74, 6) is 0.458. The predicted molar refractivity (Wildman–Crippen MR) is 106 cm³/mol. The molecule has 26 heavy (non-hydrogen) atoms. The van der Waals surface area contributed by atoms with Gasteiger partial charge in [-0.1, -0.05) is 20.8 Å². The van der Waals surface area contributed by atoms with Crippen LogP contribution in [0.15, 0.2) is 16.4 Å². The number of hydrogen-bond donors (Lipinski definition) is 2. The third kappa shape index (κ3) is 3.80. The zero-order valence-electron chi connectivity index (χ0n) is 16.2. The number of nitrogens with zero attached hydrogens (tertiary/aromatic N) is 4. The molecule has 0 unspecified atom stereocenters. The molecule has 7 nitrogen and oxygen atoms in total. The second kappa shape index (κ2) is 6.50.